The topological polar surface area (TPSA) is 50.4 Å². The van der Waals surface area contributed by atoms with Gasteiger partial charge in [-0.1, -0.05) is 12.1 Å². The molecule has 0 aliphatic rings. The Labute approximate surface area is 100 Å². The van der Waals surface area contributed by atoms with Crippen molar-refractivity contribution >= 4 is 6.09 Å². The number of nitrogens with one attached hydrogen (secondary N) is 2. The molecule has 1 aromatic carbocycles. The predicted octanol–water partition coefficient (Wildman–Crippen LogP) is 2.36. The average Bonchev–Trinajstić information content (AvgIpc) is 2.14. The minimum absolute atomic E-state index is 0.304. The third-order valence-corrected chi connectivity index (χ3v) is 1.77. The SMILES string of the molecule is CC(C)(C)OC(=O)NNCc1cccc(F)c1. The van der Waals surface area contributed by atoms with Gasteiger partial charge in [0.2, 0.25) is 0 Å². The van der Waals surface area contributed by atoms with Crippen molar-refractivity contribution in [2.24, 2.45) is 0 Å². The smallest absolute Gasteiger partial charge is 0.422 e. The summed E-state index contributed by atoms with van der Waals surface area (Å²) in [5.41, 5.74) is 5.23. The van der Waals surface area contributed by atoms with E-state index < -0.39 is 11.7 Å². The summed E-state index contributed by atoms with van der Waals surface area (Å²) in [4.78, 5) is 11.2. The molecule has 5 heteroatoms. The Bertz CT molecular complexity index is 388. The summed E-state index contributed by atoms with van der Waals surface area (Å²) in [5, 5.41) is 0. The second kappa shape index (κ2) is 5.63. The van der Waals surface area contributed by atoms with Gasteiger partial charge >= 0.3 is 6.09 Å². The van der Waals surface area contributed by atoms with Crippen molar-refractivity contribution in [2.45, 2.75) is 32.9 Å². The van der Waals surface area contributed by atoms with Crippen LogP contribution >= 0.6 is 0 Å². The zero-order valence-corrected chi connectivity index (χ0v) is 10.2. The highest BCUT2D eigenvalue weighted by atomic mass is 19.1. The molecule has 17 heavy (non-hydrogen) atoms. The number of hydrogen-bond acceptors (Lipinski definition) is 3. The predicted molar refractivity (Wildman–Crippen MR) is 62.6 cm³/mol. The highest BCUT2D eigenvalue weighted by Crippen LogP contribution is 2.06. The number of carbonyl (C=O) groups excluding carboxylic acids is 1. The first-order chi connectivity index (χ1) is 7.87. The Balaban J connectivity index is 2.31. The molecular formula is C12H17FN2O2. The highest BCUT2D eigenvalue weighted by Gasteiger charge is 2.15. The number of hydrazine groups is 1. The Morgan fingerprint density at radius 1 is 1.41 bits per heavy atom. The molecule has 0 aliphatic carbocycles. The molecule has 0 unspecified atom stereocenters. The fourth-order valence-corrected chi connectivity index (χ4v) is 1.17. The molecule has 1 rings (SSSR count). The molecule has 0 fully saturated rings. The Hall–Kier alpha value is -1.62. The standard InChI is InChI=1S/C12H17FN2O2/c1-12(2,3)17-11(16)15-14-8-9-5-4-6-10(13)7-9/h4-7,14H,8H2,1-3H3,(H,15,16). The second-order valence-corrected chi connectivity index (χ2v) is 4.61. The lowest BCUT2D eigenvalue weighted by Crippen LogP contribution is -2.40. The lowest BCUT2D eigenvalue weighted by Gasteiger charge is -2.19. The Morgan fingerprint density at radius 3 is 2.71 bits per heavy atom. The Morgan fingerprint density at radius 2 is 2.12 bits per heavy atom. The van der Waals surface area contributed by atoms with Crippen LogP contribution in [0.1, 0.15) is 26.3 Å². The third-order valence-electron chi connectivity index (χ3n) is 1.77. The molecule has 2 N–H and O–H groups in total. The van der Waals surface area contributed by atoms with E-state index in [-0.39, 0.29) is 5.82 Å². The van der Waals surface area contributed by atoms with Crippen LogP contribution in [0.4, 0.5) is 9.18 Å². The van der Waals surface area contributed by atoms with Crippen LogP contribution in [0, 0.1) is 5.82 Å². The van der Waals surface area contributed by atoms with Gasteiger partial charge < -0.3 is 4.74 Å². The molecule has 1 amide bonds. The first-order valence-electron chi connectivity index (χ1n) is 5.33. The van der Waals surface area contributed by atoms with Gasteiger partial charge in [0.25, 0.3) is 0 Å². The van der Waals surface area contributed by atoms with Crippen LogP contribution in [-0.2, 0) is 11.3 Å². The van der Waals surface area contributed by atoms with Crippen molar-refractivity contribution in [2.75, 3.05) is 0 Å². The van der Waals surface area contributed by atoms with E-state index in [0.717, 1.165) is 5.56 Å². The zero-order valence-electron chi connectivity index (χ0n) is 10.2. The maximum absolute atomic E-state index is 12.8. The number of hydrogen-bond donors (Lipinski definition) is 2. The van der Waals surface area contributed by atoms with E-state index in [1.807, 2.05) is 0 Å². The van der Waals surface area contributed by atoms with Gasteiger partial charge in [0.1, 0.15) is 11.4 Å². The minimum Gasteiger partial charge on any atom is -0.443 e. The summed E-state index contributed by atoms with van der Waals surface area (Å²) < 4.78 is 17.8. The average molecular weight is 240 g/mol. The van der Waals surface area contributed by atoms with Crippen LogP contribution in [0.2, 0.25) is 0 Å². The molecule has 0 aromatic heterocycles. The van der Waals surface area contributed by atoms with Gasteiger partial charge in [-0.3, -0.25) is 5.43 Å². The third kappa shape index (κ3) is 5.87. The van der Waals surface area contributed by atoms with Crippen LogP contribution in [0.3, 0.4) is 0 Å². The molecule has 1 aromatic rings. The molecule has 4 nitrogen and oxygen atoms in total. The first-order valence-corrected chi connectivity index (χ1v) is 5.33. The van der Waals surface area contributed by atoms with E-state index in [1.165, 1.54) is 12.1 Å². The largest absolute Gasteiger partial charge is 0.443 e. The van der Waals surface area contributed by atoms with E-state index in [2.05, 4.69) is 10.9 Å². The summed E-state index contributed by atoms with van der Waals surface area (Å²) in [6.45, 7) is 5.66. The molecule has 0 spiro atoms. The van der Waals surface area contributed by atoms with Gasteiger partial charge in [-0.05, 0) is 38.5 Å². The minimum atomic E-state index is -0.561. The van der Waals surface area contributed by atoms with E-state index >= 15 is 0 Å². The van der Waals surface area contributed by atoms with E-state index in [4.69, 9.17) is 4.74 Å². The molecular weight excluding hydrogens is 223 g/mol. The van der Waals surface area contributed by atoms with Crippen molar-refractivity contribution in [1.82, 2.24) is 10.9 Å². The zero-order chi connectivity index (χ0) is 12.9. The lowest BCUT2D eigenvalue weighted by atomic mass is 10.2. The van der Waals surface area contributed by atoms with Gasteiger partial charge in [0.05, 0.1) is 0 Å². The second-order valence-electron chi connectivity index (χ2n) is 4.61. The van der Waals surface area contributed by atoms with Crippen molar-refractivity contribution in [1.29, 1.82) is 0 Å². The normalized spacial score (nSPS) is 11.1. The van der Waals surface area contributed by atoms with Gasteiger partial charge in [-0.2, -0.15) is 0 Å². The molecule has 0 aliphatic heterocycles. The monoisotopic (exact) mass is 240 g/mol. The van der Waals surface area contributed by atoms with Crippen LogP contribution in [0.25, 0.3) is 0 Å². The first kappa shape index (κ1) is 13.4. The van der Waals surface area contributed by atoms with Gasteiger partial charge in [0.15, 0.2) is 0 Å². The maximum Gasteiger partial charge on any atom is 0.422 e. The Kier molecular flexibility index (Phi) is 4.45. The van der Waals surface area contributed by atoms with Crippen LogP contribution in [0.15, 0.2) is 24.3 Å². The molecule has 0 bridgehead atoms. The number of amides is 1. The summed E-state index contributed by atoms with van der Waals surface area (Å²) in [6.07, 6.45) is -0.561. The van der Waals surface area contributed by atoms with E-state index in [9.17, 15) is 9.18 Å². The van der Waals surface area contributed by atoms with Crippen LogP contribution < -0.4 is 10.9 Å². The number of ether oxygens (including phenoxy) is 1. The van der Waals surface area contributed by atoms with Crippen LogP contribution in [0.5, 0.6) is 0 Å². The fourth-order valence-electron chi connectivity index (χ4n) is 1.17. The molecule has 0 radical (unpaired) electrons. The molecule has 0 atom stereocenters. The summed E-state index contributed by atoms with van der Waals surface area (Å²) >= 11 is 0. The maximum atomic E-state index is 12.8. The summed E-state index contributed by atoms with van der Waals surface area (Å²) in [7, 11) is 0. The van der Waals surface area contributed by atoms with E-state index in [0.29, 0.717) is 6.54 Å². The van der Waals surface area contributed by atoms with Gasteiger partial charge in [0, 0.05) is 6.54 Å². The van der Waals surface area contributed by atoms with Crippen molar-refractivity contribution in [3.63, 3.8) is 0 Å². The van der Waals surface area contributed by atoms with Crippen molar-refractivity contribution in [3.8, 4) is 0 Å². The fraction of sp³-hybridized carbons (Fsp3) is 0.417. The van der Waals surface area contributed by atoms with Gasteiger partial charge in [-0.15, -0.1) is 0 Å². The highest BCUT2D eigenvalue weighted by molar-refractivity contribution is 5.66. The number of benzene rings is 1. The van der Waals surface area contributed by atoms with Crippen molar-refractivity contribution < 1.29 is 13.9 Å². The molecule has 0 heterocycles. The molecule has 0 saturated carbocycles. The number of halogens is 1. The number of carbonyl (C=O) groups is 1. The quantitative estimate of drug-likeness (QED) is 0.797. The number of rotatable bonds is 3. The lowest BCUT2D eigenvalue weighted by molar-refractivity contribution is 0.0497. The van der Waals surface area contributed by atoms with Crippen molar-refractivity contribution in [3.05, 3.63) is 35.6 Å². The van der Waals surface area contributed by atoms with Crippen LogP contribution in [-0.4, -0.2) is 11.7 Å². The summed E-state index contributed by atoms with van der Waals surface area (Å²) in [5.74, 6) is -0.304. The van der Waals surface area contributed by atoms with E-state index in [1.54, 1.807) is 32.9 Å². The summed E-state index contributed by atoms with van der Waals surface area (Å²) in [6, 6.07) is 6.13. The molecule has 94 valence electrons. The van der Waals surface area contributed by atoms with Gasteiger partial charge in [-0.25, -0.2) is 14.6 Å². The molecule has 0 saturated heterocycles.